The molecule has 0 aromatic heterocycles. The molecule has 3 atom stereocenters. The van der Waals surface area contributed by atoms with Crippen LogP contribution in [0.3, 0.4) is 0 Å². The average molecular weight is 291 g/mol. The minimum Gasteiger partial charge on any atom is -0.393 e. The van der Waals surface area contributed by atoms with Gasteiger partial charge in [0.05, 0.1) is 12.7 Å². The molecule has 3 heteroatoms. The minimum absolute atomic E-state index is 0.0718. The first-order valence-electron chi connectivity index (χ1n) is 8.32. The fourth-order valence-corrected chi connectivity index (χ4v) is 3.29. The summed E-state index contributed by atoms with van der Waals surface area (Å²) in [5, 5.41) is 22.7. The third kappa shape index (κ3) is 5.10. The molecule has 0 aliphatic heterocycles. The van der Waals surface area contributed by atoms with Crippen molar-refractivity contribution >= 4 is 0 Å². The minimum atomic E-state index is -0.0718. The van der Waals surface area contributed by atoms with Gasteiger partial charge in [0.1, 0.15) is 0 Å². The van der Waals surface area contributed by atoms with Crippen LogP contribution in [0.1, 0.15) is 62.6 Å². The van der Waals surface area contributed by atoms with Crippen LogP contribution in [0.25, 0.3) is 0 Å². The van der Waals surface area contributed by atoms with Crippen molar-refractivity contribution in [3.8, 4) is 0 Å². The van der Waals surface area contributed by atoms with Crippen LogP contribution < -0.4 is 5.32 Å². The van der Waals surface area contributed by atoms with Gasteiger partial charge >= 0.3 is 0 Å². The molecule has 3 nitrogen and oxygen atoms in total. The maximum absolute atomic E-state index is 9.97. The smallest absolute Gasteiger partial charge is 0.0681 e. The molecule has 1 aliphatic carbocycles. The van der Waals surface area contributed by atoms with Crippen molar-refractivity contribution in [2.24, 2.45) is 5.92 Å². The molecular formula is C18H29NO2. The lowest BCUT2D eigenvalue weighted by molar-refractivity contribution is 0.0642. The van der Waals surface area contributed by atoms with Gasteiger partial charge in [-0.1, -0.05) is 37.1 Å². The maximum Gasteiger partial charge on any atom is 0.0681 e. The molecule has 0 amide bonds. The first-order valence-corrected chi connectivity index (χ1v) is 8.32. The van der Waals surface area contributed by atoms with Gasteiger partial charge in [0.25, 0.3) is 0 Å². The molecule has 1 fully saturated rings. The molecule has 0 heterocycles. The number of aliphatic hydroxyl groups is 2. The highest BCUT2D eigenvalue weighted by Crippen LogP contribution is 2.27. The lowest BCUT2D eigenvalue weighted by atomic mass is 9.83. The molecule has 2 rings (SSSR count). The Kier molecular flexibility index (Phi) is 6.68. The summed E-state index contributed by atoms with van der Waals surface area (Å²) in [6, 6.07) is 8.40. The van der Waals surface area contributed by atoms with E-state index in [1.54, 1.807) is 0 Å². The van der Waals surface area contributed by atoms with Crippen molar-refractivity contribution in [3.05, 3.63) is 35.4 Å². The van der Waals surface area contributed by atoms with Crippen molar-refractivity contribution in [1.29, 1.82) is 0 Å². The topological polar surface area (TPSA) is 52.5 Å². The average Bonchev–Trinajstić information content (AvgIpc) is 2.53. The van der Waals surface area contributed by atoms with Crippen molar-refractivity contribution < 1.29 is 10.2 Å². The molecule has 1 aliphatic rings. The van der Waals surface area contributed by atoms with E-state index in [0.717, 1.165) is 31.4 Å². The van der Waals surface area contributed by atoms with Gasteiger partial charge in [0.15, 0.2) is 0 Å². The van der Waals surface area contributed by atoms with Crippen molar-refractivity contribution in [3.63, 3.8) is 0 Å². The highest BCUT2D eigenvalue weighted by Gasteiger charge is 2.22. The molecule has 1 saturated carbocycles. The number of rotatable bonds is 7. The summed E-state index contributed by atoms with van der Waals surface area (Å²) in [6.07, 6.45) is 6.81. The molecule has 0 spiro atoms. The van der Waals surface area contributed by atoms with Gasteiger partial charge in [-0.25, -0.2) is 0 Å². The summed E-state index contributed by atoms with van der Waals surface area (Å²) in [5.41, 5.74) is 2.19. The Balaban J connectivity index is 1.70. The van der Waals surface area contributed by atoms with E-state index < -0.39 is 0 Å². The SMILES string of the molecule is CC(NCCCC1CCCCC1O)c1cccc(CO)c1. The standard InChI is InChI=1S/C18H29NO2/c1-14(17-8-4-6-15(12-17)13-20)19-11-5-9-16-7-2-3-10-18(16)21/h4,6,8,12,14,16,18-21H,2-3,5,7,9-11,13H2,1H3. The Bertz CT molecular complexity index is 421. The highest BCUT2D eigenvalue weighted by atomic mass is 16.3. The summed E-state index contributed by atoms with van der Waals surface area (Å²) in [6.45, 7) is 3.24. The monoisotopic (exact) mass is 291 g/mol. The van der Waals surface area contributed by atoms with Crippen LogP contribution in [0.15, 0.2) is 24.3 Å². The van der Waals surface area contributed by atoms with Gasteiger partial charge < -0.3 is 15.5 Å². The predicted octanol–water partition coefficient (Wildman–Crippen LogP) is 3.16. The molecule has 1 aromatic rings. The second-order valence-electron chi connectivity index (χ2n) is 6.33. The van der Waals surface area contributed by atoms with Crippen molar-refractivity contribution in [2.75, 3.05) is 6.54 Å². The number of hydrogen-bond donors (Lipinski definition) is 3. The van der Waals surface area contributed by atoms with Crippen LogP contribution in [0.2, 0.25) is 0 Å². The van der Waals surface area contributed by atoms with E-state index in [2.05, 4.69) is 24.4 Å². The summed E-state index contributed by atoms with van der Waals surface area (Å²) >= 11 is 0. The van der Waals surface area contributed by atoms with E-state index >= 15 is 0 Å². The van der Waals surface area contributed by atoms with Crippen LogP contribution in [-0.4, -0.2) is 22.9 Å². The second-order valence-corrected chi connectivity index (χ2v) is 6.33. The first-order chi connectivity index (χ1) is 10.2. The van der Waals surface area contributed by atoms with Crippen LogP contribution in [0, 0.1) is 5.92 Å². The molecular weight excluding hydrogens is 262 g/mol. The van der Waals surface area contributed by atoms with E-state index in [1.165, 1.54) is 24.8 Å². The molecule has 1 aromatic carbocycles. The number of hydrogen-bond acceptors (Lipinski definition) is 3. The fourth-order valence-electron chi connectivity index (χ4n) is 3.29. The quantitative estimate of drug-likeness (QED) is 0.676. The maximum atomic E-state index is 9.97. The summed E-state index contributed by atoms with van der Waals surface area (Å²) in [4.78, 5) is 0. The van der Waals surface area contributed by atoms with Gasteiger partial charge in [-0.3, -0.25) is 0 Å². The van der Waals surface area contributed by atoms with Crippen LogP contribution in [-0.2, 0) is 6.61 Å². The van der Waals surface area contributed by atoms with Crippen molar-refractivity contribution in [1.82, 2.24) is 5.32 Å². The van der Waals surface area contributed by atoms with Crippen LogP contribution in [0.4, 0.5) is 0 Å². The van der Waals surface area contributed by atoms with E-state index in [0.29, 0.717) is 12.0 Å². The Morgan fingerprint density at radius 3 is 2.86 bits per heavy atom. The molecule has 3 N–H and O–H groups in total. The molecule has 0 radical (unpaired) electrons. The number of nitrogens with one attached hydrogen (secondary N) is 1. The third-order valence-corrected chi connectivity index (χ3v) is 4.70. The highest BCUT2D eigenvalue weighted by molar-refractivity contribution is 5.25. The lowest BCUT2D eigenvalue weighted by Crippen LogP contribution is -2.26. The Hall–Kier alpha value is -0.900. The van der Waals surface area contributed by atoms with Gasteiger partial charge in [-0.05, 0) is 56.2 Å². The van der Waals surface area contributed by atoms with Gasteiger partial charge in [-0.2, -0.15) is 0 Å². The summed E-state index contributed by atoms with van der Waals surface area (Å²) in [5.74, 6) is 0.508. The van der Waals surface area contributed by atoms with E-state index in [4.69, 9.17) is 0 Å². The zero-order chi connectivity index (χ0) is 15.1. The summed E-state index contributed by atoms with van der Waals surface area (Å²) < 4.78 is 0. The van der Waals surface area contributed by atoms with Crippen LogP contribution >= 0.6 is 0 Å². The van der Waals surface area contributed by atoms with Gasteiger partial charge in [0, 0.05) is 6.04 Å². The summed E-state index contributed by atoms with van der Waals surface area (Å²) in [7, 11) is 0. The van der Waals surface area contributed by atoms with Crippen molar-refractivity contribution in [2.45, 2.75) is 64.2 Å². The van der Waals surface area contributed by atoms with E-state index in [9.17, 15) is 10.2 Å². The van der Waals surface area contributed by atoms with Gasteiger partial charge in [-0.15, -0.1) is 0 Å². The zero-order valence-corrected chi connectivity index (χ0v) is 13.1. The third-order valence-electron chi connectivity index (χ3n) is 4.70. The Morgan fingerprint density at radius 2 is 2.10 bits per heavy atom. The first kappa shape index (κ1) is 16.5. The van der Waals surface area contributed by atoms with Crippen LogP contribution in [0.5, 0.6) is 0 Å². The normalized spacial score (nSPS) is 24.0. The number of aliphatic hydroxyl groups excluding tert-OH is 2. The zero-order valence-electron chi connectivity index (χ0n) is 13.1. The van der Waals surface area contributed by atoms with E-state index in [-0.39, 0.29) is 12.7 Å². The molecule has 0 bridgehead atoms. The van der Waals surface area contributed by atoms with E-state index in [1.807, 2.05) is 12.1 Å². The predicted molar refractivity (Wildman–Crippen MR) is 86.0 cm³/mol. The van der Waals surface area contributed by atoms with Gasteiger partial charge in [0.2, 0.25) is 0 Å². The fraction of sp³-hybridized carbons (Fsp3) is 0.667. The Labute approximate surface area is 128 Å². The largest absolute Gasteiger partial charge is 0.393 e. The Morgan fingerprint density at radius 1 is 1.29 bits per heavy atom. The molecule has 3 unspecified atom stereocenters. The number of benzene rings is 1. The lowest BCUT2D eigenvalue weighted by Gasteiger charge is -2.27. The second kappa shape index (κ2) is 8.52. The molecule has 118 valence electrons. The molecule has 0 saturated heterocycles. The molecule has 21 heavy (non-hydrogen) atoms.